The quantitative estimate of drug-likeness (QED) is 0.704. The van der Waals surface area contributed by atoms with E-state index in [2.05, 4.69) is 0 Å². The van der Waals surface area contributed by atoms with E-state index in [1.54, 1.807) is 4.90 Å². The SMILES string of the molecule is CN(C)CC(=O)N1CCC(C(N)=O)C1.Cl. The van der Waals surface area contributed by atoms with E-state index >= 15 is 0 Å². The minimum absolute atomic E-state index is 0. The lowest BCUT2D eigenvalue weighted by Gasteiger charge is -2.18. The third-order valence-electron chi connectivity index (χ3n) is 2.39. The molecule has 0 spiro atoms. The largest absolute Gasteiger partial charge is 0.369 e. The van der Waals surface area contributed by atoms with E-state index in [0.717, 1.165) is 0 Å². The maximum Gasteiger partial charge on any atom is 0.236 e. The summed E-state index contributed by atoms with van der Waals surface area (Å²) in [5.74, 6) is -0.384. The van der Waals surface area contributed by atoms with Gasteiger partial charge in [-0.1, -0.05) is 0 Å². The first-order valence-electron chi connectivity index (χ1n) is 4.72. The Morgan fingerprint density at radius 2 is 2.07 bits per heavy atom. The third-order valence-corrected chi connectivity index (χ3v) is 2.39. The standard InChI is InChI=1S/C9H17N3O2.ClH/c1-11(2)6-8(13)12-4-3-7(5-12)9(10)14;/h7H,3-6H2,1-2H3,(H2,10,14);1H. The molecule has 0 aromatic rings. The van der Waals surface area contributed by atoms with E-state index in [4.69, 9.17) is 5.73 Å². The van der Waals surface area contributed by atoms with Gasteiger partial charge in [-0.3, -0.25) is 9.59 Å². The second-order valence-electron chi connectivity index (χ2n) is 3.97. The van der Waals surface area contributed by atoms with E-state index in [1.165, 1.54) is 0 Å². The van der Waals surface area contributed by atoms with Crippen LogP contribution in [0.15, 0.2) is 0 Å². The zero-order valence-electron chi connectivity index (χ0n) is 9.10. The van der Waals surface area contributed by atoms with Crippen LogP contribution in [-0.2, 0) is 9.59 Å². The molecule has 1 atom stereocenters. The van der Waals surface area contributed by atoms with Gasteiger partial charge < -0.3 is 15.5 Å². The molecular formula is C9H18ClN3O2. The Morgan fingerprint density at radius 3 is 2.47 bits per heavy atom. The van der Waals surface area contributed by atoms with Crippen molar-refractivity contribution in [2.45, 2.75) is 6.42 Å². The van der Waals surface area contributed by atoms with Crippen LogP contribution < -0.4 is 5.73 Å². The highest BCUT2D eigenvalue weighted by Crippen LogP contribution is 2.15. The van der Waals surface area contributed by atoms with Crippen LogP contribution in [0.25, 0.3) is 0 Å². The molecule has 0 aromatic heterocycles. The van der Waals surface area contributed by atoms with Gasteiger partial charge in [-0.15, -0.1) is 12.4 Å². The first-order chi connectivity index (χ1) is 6.50. The van der Waals surface area contributed by atoms with Crippen molar-refractivity contribution in [1.29, 1.82) is 0 Å². The van der Waals surface area contributed by atoms with Gasteiger partial charge in [0.1, 0.15) is 0 Å². The molecule has 0 saturated carbocycles. The first kappa shape index (κ1) is 14.2. The molecule has 6 heteroatoms. The predicted octanol–water partition coefficient (Wildman–Crippen LogP) is -0.696. The monoisotopic (exact) mass is 235 g/mol. The Labute approximate surface area is 96.0 Å². The lowest BCUT2D eigenvalue weighted by Crippen LogP contribution is -2.37. The molecule has 1 aliphatic heterocycles. The van der Waals surface area contributed by atoms with E-state index in [-0.39, 0.29) is 30.1 Å². The molecule has 1 saturated heterocycles. The molecule has 2 N–H and O–H groups in total. The summed E-state index contributed by atoms with van der Waals surface area (Å²) >= 11 is 0. The smallest absolute Gasteiger partial charge is 0.236 e. The van der Waals surface area contributed by atoms with Crippen molar-refractivity contribution in [2.75, 3.05) is 33.7 Å². The van der Waals surface area contributed by atoms with Crippen LogP contribution in [0.3, 0.4) is 0 Å². The molecule has 1 rings (SSSR count). The van der Waals surface area contributed by atoms with Crippen molar-refractivity contribution in [3.8, 4) is 0 Å². The van der Waals surface area contributed by atoms with Crippen LogP contribution in [0.2, 0.25) is 0 Å². The summed E-state index contributed by atoms with van der Waals surface area (Å²) in [4.78, 5) is 25.9. The predicted molar refractivity (Wildman–Crippen MR) is 59.7 cm³/mol. The molecule has 5 nitrogen and oxygen atoms in total. The molecule has 2 amide bonds. The van der Waals surface area contributed by atoms with E-state index in [0.29, 0.717) is 26.1 Å². The fraction of sp³-hybridized carbons (Fsp3) is 0.778. The second kappa shape index (κ2) is 5.92. The second-order valence-corrected chi connectivity index (χ2v) is 3.97. The van der Waals surface area contributed by atoms with Crippen LogP contribution in [0.1, 0.15) is 6.42 Å². The average molecular weight is 236 g/mol. The molecule has 1 fully saturated rings. The number of hydrogen-bond acceptors (Lipinski definition) is 3. The van der Waals surface area contributed by atoms with Crippen LogP contribution >= 0.6 is 12.4 Å². The minimum atomic E-state index is -0.301. The summed E-state index contributed by atoms with van der Waals surface area (Å²) in [5, 5.41) is 0. The fourth-order valence-electron chi connectivity index (χ4n) is 1.59. The molecule has 0 aromatic carbocycles. The summed E-state index contributed by atoms with van der Waals surface area (Å²) < 4.78 is 0. The van der Waals surface area contributed by atoms with Crippen molar-refractivity contribution in [3.63, 3.8) is 0 Å². The Bertz CT molecular complexity index is 246. The number of likely N-dealkylation sites (tertiary alicyclic amines) is 1. The number of rotatable bonds is 3. The summed E-state index contributed by atoms with van der Waals surface area (Å²) in [5.41, 5.74) is 5.17. The van der Waals surface area contributed by atoms with Gasteiger partial charge in [-0.25, -0.2) is 0 Å². The third kappa shape index (κ3) is 4.05. The van der Waals surface area contributed by atoms with Gasteiger partial charge in [-0.05, 0) is 20.5 Å². The van der Waals surface area contributed by atoms with E-state index in [9.17, 15) is 9.59 Å². The number of nitrogens with two attached hydrogens (primary N) is 1. The van der Waals surface area contributed by atoms with Crippen molar-refractivity contribution in [2.24, 2.45) is 11.7 Å². The highest BCUT2D eigenvalue weighted by molar-refractivity contribution is 5.85. The van der Waals surface area contributed by atoms with Gasteiger partial charge >= 0.3 is 0 Å². The highest BCUT2D eigenvalue weighted by Gasteiger charge is 2.29. The number of primary amides is 1. The molecule has 15 heavy (non-hydrogen) atoms. The van der Waals surface area contributed by atoms with Crippen molar-refractivity contribution >= 4 is 24.2 Å². The highest BCUT2D eigenvalue weighted by atomic mass is 35.5. The van der Waals surface area contributed by atoms with Gasteiger partial charge in [0.2, 0.25) is 11.8 Å². The molecule has 0 bridgehead atoms. The van der Waals surface area contributed by atoms with Gasteiger partial charge in [0.15, 0.2) is 0 Å². The van der Waals surface area contributed by atoms with E-state index in [1.807, 2.05) is 19.0 Å². The minimum Gasteiger partial charge on any atom is -0.369 e. The van der Waals surface area contributed by atoms with Crippen LogP contribution in [-0.4, -0.2) is 55.3 Å². The lowest BCUT2D eigenvalue weighted by molar-refractivity contribution is -0.131. The Hall–Kier alpha value is -0.810. The number of carbonyl (C=O) groups excluding carboxylic acids is 2. The van der Waals surface area contributed by atoms with Gasteiger partial charge in [0.05, 0.1) is 12.5 Å². The summed E-state index contributed by atoms with van der Waals surface area (Å²) in [6.07, 6.45) is 0.703. The number of amides is 2. The molecule has 1 heterocycles. The van der Waals surface area contributed by atoms with Crippen LogP contribution in [0.4, 0.5) is 0 Å². The van der Waals surface area contributed by atoms with Crippen LogP contribution in [0, 0.1) is 5.92 Å². The van der Waals surface area contributed by atoms with Crippen LogP contribution in [0.5, 0.6) is 0 Å². The maximum absolute atomic E-state index is 11.6. The molecule has 0 radical (unpaired) electrons. The number of hydrogen-bond donors (Lipinski definition) is 1. The van der Waals surface area contributed by atoms with Crippen molar-refractivity contribution < 1.29 is 9.59 Å². The summed E-state index contributed by atoms with van der Waals surface area (Å²) in [7, 11) is 3.69. The Balaban J connectivity index is 0.00000196. The fourth-order valence-corrected chi connectivity index (χ4v) is 1.59. The Kier molecular flexibility index (Phi) is 5.60. The molecule has 1 unspecified atom stereocenters. The molecule has 0 aliphatic carbocycles. The first-order valence-corrected chi connectivity index (χ1v) is 4.72. The maximum atomic E-state index is 11.6. The molecular weight excluding hydrogens is 218 g/mol. The lowest BCUT2D eigenvalue weighted by atomic mass is 10.1. The van der Waals surface area contributed by atoms with Crippen molar-refractivity contribution in [1.82, 2.24) is 9.80 Å². The number of halogens is 1. The number of likely N-dealkylation sites (N-methyl/N-ethyl adjacent to an activating group) is 1. The van der Waals surface area contributed by atoms with Gasteiger partial charge in [0, 0.05) is 13.1 Å². The molecule has 1 aliphatic rings. The topological polar surface area (TPSA) is 66.6 Å². The molecule has 88 valence electrons. The van der Waals surface area contributed by atoms with Gasteiger partial charge in [0.25, 0.3) is 0 Å². The summed E-state index contributed by atoms with van der Waals surface area (Å²) in [6.45, 7) is 1.54. The average Bonchev–Trinajstić information content (AvgIpc) is 2.50. The van der Waals surface area contributed by atoms with Crippen molar-refractivity contribution in [3.05, 3.63) is 0 Å². The zero-order chi connectivity index (χ0) is 10.7. The number of nitrogens with zero attached hydrogens (tertiary/aromatic N) is 2. The van der Waals surface area contributed by atoms with E-state index < -0.39 is 0 Å². The normalized spacial score (nSPS) is 20.2. The summed E-state index contributed by atoms with van der Waals surface area (Å²) in [6, 6.07) is 0. The van der Waals surface area contributed by atoms with Gasteiger partial charge in [-0.2, -0.15) is 0 Å². The number of carbonyl (C=O) groups is 2. The Morgan fingerprint density at radius 1 is 1.47 bits per heavy atom. The zero-order valence-corrected chi connectivity index (χ0v) is 9.92.